The Labute approximate surface area is 432 Å². The molecule has 0 spiro atoms. The summed E-state index contributed by atoms with van der Waals surface area (Å²) >= 11 is 0. The van der Waals surface area contributed by atoms with Gasteiger partial charge in [-0.1, -0.05) is 217 Å². The molecule has 0 saturated heterocycles. The summed E-state index contributed by atoms with van der Waals surface area (Å²) in [5.41, 5.74) is 0. The van der Waals surface area contributed by atoms with E-state index in [4.69, 9.17) is 13.8 Å². The molecule has 9 nitrogen and oxygen atoms in total. The molecular weight excluding hydrogens is 892 g/mol. The van der Waals surface area contributed by atoms with Crippen molar-refractivity contribution < 1.29 is 37.3 Å². The summed E-state index contributed by atoms with van der Waals surface area (Å²) in [6.07, 6.45) is 61.8. The van der Waals surface area contributed by atoms with Gasteiger partial charge in [0.25, 0.3) is 7.82 Å². The van der Waals surface area contributed by atoms with Crippen molar-refractivity contribution >= 4 is 19.7 Å². The molecule has 3 atom stereocenters. The molecule has 1 amide bonds. The average molecular weight is 1000 g/mol. The molecule has 10 heteroatoms. The number of amides is 1. The fourth-order valence-electron chi connectivity index (χ4n) is 8.18. The van der Waals surface area contributed by atoms with Crippen molar-refractivity contribution in [3.8, 4) is 0 Å². The number of hydrogen-bond donors (Lipinski definition) is 1. The van der Waals surface area contributed by atoms with E-state index < -0.39 is 26.6 Å². The summed E-state index contributed by atoms with van der Waals surface area (Å²) in [5.74, 6) is -0.554. The fraction of sp³-hybridized carbons (Fsp3) is 0.800. The molecule has 0 saturated carbocycles. The third-order valence-electron chi connectivity index (χ3n) is 12.7. The number of unbranched alkanes of at least 4 members (excludes halogenated alkanes) is 28. The molecule has 0 aromatic carbocycles. The summed E-state index contributed by atoms with van der Waals surface area (Å²) < 4.78 is 30.2. The number of hydrogen-bond acceptors (Lipinski definition) is 7. The maximum absolute atomic E-state index is 13.5. The normalized spacial score (nSPS) is 14.2. The monoisotopic (exact) mass is 1000 g/mol. The lowest BCUT2D eigenvalue weighted by Gasteiger charge is -2.30. The predicted octanol–water partition coefficient (Wildman–Crippen LogP) is 16.9. The van der Waals surface area contributed by atoms with Crippen LogP contribution in [0.3, 0.4) is 0 Å². The largest absolute Gasteiger partial charge is 0.756 e. The van der Waals surface area contributed by atoms with Crippen LogP contribution in [0.25, 0.3) is 0 Å². The van der Waals surface area contributed by atoms with Gasteiger partial charge in [0.15, 0.2) is 0 Å². The second-order valence-corrected chi connectivity index (χ2v) is 22.2. The number of likely N-dealkylation sites (N-methyl/N-ethyl adjacent to an activating group) is 1. The molecule has 0 aromatic heterocycles. The third-order valence-corrected chi connectivity index (χ3v) is 13.6. The van der Waals surface area contributed by atoms with Crippen LogP contribution in [0.15, 0.2) is 60.8 Å². The lowest BCUT2D eigenvalue weighted by Crippen LogP contribution is -2.47. The smallest absolute Gasteiger partial charge is 0.306 e. The first-order valence-corrected chi connectivity index (χ1v) is 30.6. The minimum Gasteiger partial charge on any atom is -0.756 e. The van der Waals surface area contributed by atoms with Gasteiger partial charge < -0.3 is 28.5 Å². The van der Waals surface area contributed by atoms with Crippen molar-refractivity contribution in [3.63, 3.8) is 0 Å². The highest BCUT2D eigenvalue weighted by Crippen LogP contribution is 2.38. The van der Waals surface area contributed by atoms with Crippen molar-refractivity contribution in [3.05, 3.63) is 60.8 Å². The van der Waals surface area contributed by atoms with Crippen molar-refractivity contribution in [2.75, 3.05) is 40.9 Å². The quantitative estimate of drug-likeness (QED) is 0.0212. The topological polar surface area (TPSA) is 114 Å². The maximum atomic E-state index is 13.5. The Morgan fingerprint density at radius 1 is 0.514 bits per heavy atom. The zero-order valence-corrected chi connectivity index (χ0v) is 47.4. The number of ether oxygens (including phenoxy) is 1. The standard InChI is InChI=1S/C60H111N2O7P/c1-7-10-13-16-19-22-25-27-29-30-31-32-33-34-37-40-43-46-49-52-59(63)61-57(56-68-70(65,66)67-55-54-62(4,5)6)58(51-48-45-42-39-36-24-21-18-15-12-9-3)69-60(64)53-50-47-44-41-38-35-28-26-23-20-17-14-11-8-2/h11,14,19-20,22-23,27,29,48,51,57-58H,7-10,12-13,15-18,21,24-26,28,30-47,49-50,52-56H2,1-6H3,(H-,61,63,65,66)/b14-11+,22-19-,23-20+,29-27-,51-48-. The zero-order chi connectivity index (χ0) is 51.5. The van der Waals surface area contributed by atoms with Gasteiger partial charge in [-0.15, -0.1) is 0 Å². The van der Waals surface area contributed by atoms with E-state index in [0.717, 1.165) is 103 Å². The van der Waals surface area contributed by atoms with Gasteiger partial charge in [-0.3, -0.25) is 14.2 Å². The fourth-order valence-corrected chi connectivity index (χ4v) is 8.90. The van der Waals surface area contributed by atoms with Crippen LogP contribution in [0.5, 0.6) is 0 Å². The summed E-state index contributed by atoms with van der Waals surface area (Å²) in [7, 11) is 1.17. The van der Waals surface area contributed by atoms with E-state index in [1.54, 1.807) is 0 Å². The molecular formula is C60H111N2O7P. The molecule has 0 aromatic rings. The lowest BCUT2D eigenvalue weighted by atomic mass is 10.0. The first-order valence-electron chi connectivity index (χ1n) is 29.1. The second-order valence-electron chi connectivity index (χ2n) is 20.8. The van der Waals surface area contributed by atoms with Gasteiger partial charge in [0.2, 0.25) is 5.91 Å². The Hall–Kier alpha value is -2.29. The van der Waals surface area contributed by atoms with Crippen LogP contribution in [-0.2, 0) is 27.9 Å². The highest BCUT2D eigenvalue weighted by molar-refractivity contribution is 7.45. The number of phosphoric acid groups is 1. The van der Waals surface area contributed by atoms with Crippen LogP contribution in [0.4, 0.5) is 0 Å². The Balaban J connectivity index is 5.27. The van der Waals surface area contributed by atoms with Crippen molar-refractivity contribution in [1.82, 2.24) is 5.32 Å². The number of nitrogens with zero attached hydrogens (tertiary/aromatic N) is 1. The molecule has 0 bridgehead atoms. The predicted molar refractivity (Wildman–Crippen MR) is 298 cm³/mol. The maximum Gasteiger partial charge on any atom is 0.306 e. The molecule has 70 heavy (non-hydrogen) atoms. The van der Waals surface area contributed by atoms with Gasteiger partial charge in [0.05, 0.1) is 33.8 Å². The van der Waals surface area contributed by atoms with Crippen molar-refractivity contribution in [1.29, 1.82) is 0 Å². The minimum absolute atomic E-state index is 0.0257. The Bertz CT molecular complexity index is 1390. The number of rotatable bonds is 52. The molecule has 0 fully saturated rings. The molecule has 0 radical (unpaired) electrons. The molecule has 408 valence electrons. The molecule has 0 heterocycles. The summed E-state index contributed by atoms with van der Waals surface area (Å²) in [4.78, 5) is 39.8. The van der Waals surface area contributed by atoms with Crippen LogP contribution in [0, 0.1) is 0 Å². The summed E-state index contributed by atoms with van der Waals surface area (Å²) in [6.45, 7) is 6.70. The van der Waals surface area contributed by atoms with E-state index in [1.165, 1.54) is 122 Å². The van der Waals surface area contributed by atoms with Gasteiger partial charge in [-0.25, -0.2) is 0 Å². The van der Waals surface area contributed by atoms with Crippen LogP contribution in [-0.4, -0.2) is 69.4 Å². The number of esters is 1. The Kier molecular flexibility index (Phi) is 48.6. The van der Waals surface area contributed by atoms with E-state index in [9.17, 15) is 19.0 Å². The summed E-state index contributed by atoms with van der Waals surface area (Å²) in [6, 6.07) is -0.893. The SMILES string of the molecule is CC/C=C/C/C=C/CCCCCCCCCC(=O)OC(/C=C\CCCCCCCCCCC)C(COP(=O)([O-])OCC[N+](C)(C)C)NC(=O)CCCCCCCCCCC/C=C\C/C=C\CCCCC. The Morgan fingerprint density at radius 2 is 0.914 bits per heavy atom. The van der Waals surface area contributed by atoms with E-state index >= 15 is 0 Å². The third kappa shape index (κ3) is 50.6. The first kappa shape index (κ1) is 67.7. The highest BCUT2D eigenvalue weighted by Gasteiger charge is 2.27. The van der Waals surface area contributed by atoms with Crippen molar-refractivity contribution in [2.24, 2.45) is 0 Å². The van der Waals surface area contributed by atoms with Crippen LogP contribution in [0.2, 0.25) is 0 Å². The molecule has 0 aliphatic heterocycles. The van der Waals surface area contributed by atoms with E-state index in [-0.39, 0.29) is 24.9 Å². The number of allylic oxidation sites excluding steroid dienone is 9. The average Bonchev–Trinajstić information content (AvgIpc) is 3.32. The molecule has 0 aliphatic rings. The minimum atomic E-state index is -4.70. The lowest BCUT2D eigenvalue weighted by molar-refractivity contribution is -0.870. The highest BCUT2D eigenvalue weighted by atomic mass is 31.2. The van der Waals surface area contributed by atoms with Gasteiger partial charge in [-0.05, 0) is 89.5 Å². The van der Waals surface area contributed by atoms with E-state index in [0.29, 0.717) is 17.4 Å². The number of carbonyl (C=O) groups excluding carboxylic acids is 2. The number of phosphoric ester groups is 1. The van der Waals surface area contributed by atoms with Crippen LogP contribution >= 0.6 is 7.82 Å². The number of carbonyl (C=O) groups is 2. The molecule has 1 N–H and O–H groups in total. The van der Waals surface area contributed by atoms with Gasteiger partial charge in [0, 0.05) is 12.8 Å². The number of nitrogens with one attached hydrogen (secondary N) is 1. The molecule has 0 aliphatic carbocycles. The van der Waals surface area contributed by atoms with Gasteiger partial charge in [-0.2, -0.15) is 0 Å². The van der Waals surface area contributed by atoms with Gasteiger partial charge >= 0.3 is 5.97 Å². The molecule has 0 rings (SSSR count). The number of quaternary nitrogens is 1. The van der Waals surface area contributed by atoms with Crippen LogP contribution < -0.4 is 10.2 Å². The van der Waals surface area contributed by atoms with Gasteiger partial charge in [0.1, 0.15) is 19.3 Å². The second kappa shape index (κ2) is 50.3. The van der Waals surface area contributed by atoms with E-state index in [2.05, 4.69) is 74.7 Å². The zero-order valence-electron chi connectivity index (χ0n) is 46.5. The summed E-state index contributed by atoms with van der Waals surface area (Å²) in [5, 5.41) is 3.02. The first-order chi connectivity index (χ1) is 33.9. The Morgan fingerprint density at radius 3 is 1.39 bits per heavy atom. The van der Waals surface area contributed by atoms with Crippen molar-refractivity contribution in [2.45, 2.75) is 270 Å². The van der Waals surface area contributed by atoms with Crippen LogP contribution in [0.1, 0.15) is 258 Å². The van der Waals surface area contributed by atoms with E-state index in [1.807, 2.05) is 33.3 Å². The molecule has 3 unspecified atom stereocenters.